The molecular weight excluding hydrogens is 272 g/mol. The van der Waals surface area contributed by atoms with Gasteiger partial charge in [-0.05, 0) is 38.4 Å². The molecule has 1 unspecified atom stereocenters. The van der Waals surface area contributed by atoms with E-state index < -0.39 is 0 Å². The summed E-state index contributed by atoms with van der Waals surface area (Å²) in [6.07, 6.45) is 2.71. The molecule has 1 aliphatic rings. The van der Waals surface area contributed by atoms with Crippen LogP contribution in [-0.2, 0) is 11.3 Å². The topological polar surface area (TPSA) is 24.5 Å². The molecule has 0 aromatic heterocycles. The zero-order chi connectivity index (χ0) is 14.4. The summed E-state index contributed by atoms with van der Waals surface area (Å²) in [4.78, 5) is 2.38. The van der Waals surface area contributed by atoms with Crippen LogP contribution in [-0.4, -0.2) is 32.3 Å². The molecule has 112 valence electrons. The lowest BCUT2D eigenvalue weighted by Gasteiger charge is -2.28. The van der Waals surface area contributed by atoms with E-state index in [0.717, 1.165) is 37.8 Å². The van der Waals surface area contributed by atoms with E-state index in [9.17, 15) is 0 Å². The first-order valence-electron chi connectivity index (χ1n) is 7.60. The third-order valence-electron chi connectivity index (χ3n) is 3.82. The first kappa shape index (κ1) is 15.6. The van der Waals surface area contributed by atoms with Gasteiger partial charge in [0.15, 0.2) is 0 Å². The molecule has 1 aliphatic heterocycles. The molecule has 20 heavy (non-hydrogen) atoms. The number of ether oxygens (including phenoxy) is 1. The second-order valence-corrected chi connectivity index (χ2v) is 5.60. The summed E-state index contributed by atoms with van der Waals surface area (Å²) in [5.74, 6) is 0. The summed E-state index contributed by atoms with van der Waals surface area (Å²) < 4.78 is 5.77. The van der Waals surface area contributed by atoms with Crippen molar-refractivity contribution >= 4 is 17.3 Å². The minimum absolute atomic E-state index is 0.362. The Labute approximate surface area is 127 Å². The molecule has 0 bridgehead atoms. The molecule has 0 radical (unpaired) electrons. The highest BCUT2D eigenvalue weighted by Crippen LogP contribution is 2.28. The standard InChI is InChI=1S/C16H25ClN2O/c1-3-18-11-14-15(17)8-5-9-16(14)19(4-2)12-13-7-6-10-20-13/h5,8-9,13,18H,3-4,6-7,10-12H2,1-2H3. The number of anilines is 1. The smallest absolute Gasteiger partial charge is 0.0750 e. The molecule has 1 aromatic carbocycles. The largest absolute Gasteiger partial charge is 0.376 e. The van der Waals surface area contributed by atoms with Crippen molar-refractivity contribution in [2.24, 2.45) is 0 Å². The Kier molecular flexibility index (Phi) is 6.14. The van der Waals surface area contributed by atoms with E-state index in [1.165, 1.54) is 24.1 Å². The Hall–Kier alpha value is -0.770. The van der Waals surface area contributed by atoms with Crippen LogP contribution in [0.25, 0.3) is 0 Å². The van der Waals surface area contributed by atoms with Gasteiger partial charge in [0.2, 0.25) is 0 Å². The zero-order valence-electron chi connectivity index (χ0n) is 12.5. The quantitative estimate of drug-likeness (QED) is 0.834. The Morgan fingerprint density at radius 2 is 2.25 bits per heavy atom. The highest BCUT2D eigenvalue weighted by molar-refractivity contribution is 6.31. The Bertz CT molecular complexity index is 419. The molecule has 3 nitrogen and oxygen atoms in total. The summed E-state index contributed by atoms with van der Waals surface area (Å²) in [6.45, 7) is 8.89. The molecule has 1 N–H and O–H groups in total. The van der Waals surface area contributed by atoms with Gasteiger partial charge in [-0.1, -0.05) is 24.6 Å². The lowest BCUT2D eigenvalue weighted by atomic mass is 10.1. The SMILES string of the molecule is CCNCc1c(Cl)cccc1N(CC)CC1CCCO1. The van der Waals surface area contributed by atoms with Gasteiger partial charge in [-0.3, -0.25) is 0 Å². The summed E-state index contributed by atoms with van der Waals surface area (Å²) in [7, 11) is 0. The van der Waals surface area contributed by atoms with Crippen LogP contribution in [0.3, 0.4) is 0 Å². The molecule has 2 rings (SSSR count). The number of nitrogens with zero attached hydrogens (tertiary/aromatic N) is 1. The van der Waals surface area contributed by atoms with Gasteiger partial charge in [0.25, 0.3) is 0 Å². The van der Waals surface area contributed by atoms with Gasteiger partial charge < -0.3 is 15.0 Å². The average Bonchev–Trinajstić information content (AvgIpc) is 2.96. The minimum atomic E-state index is 0.362. The lowest BCUT2D eigenvalue weighted by molar-refractivity contribution is 0.115. The summed E-state index contributed by atoms with van der Waals surface area (Å²) in [6, 6.07) is 6.17. The molecule has 0 saturated carbocycles. The van der Waals surface area contributed by atoms with E-state index in [1.807, 2.05) is 12.1 Å². The van der Waals surface area contributed by atoms with Crippen LogP contribution in [0.1, 0.15) is 32.3 Å². The molecule has 0 aliphatic carbocycles. The normalized spacial score (nSPS) is 18.4. The molecule has 1 fully saturated rings. The Morgan fingerprint density at radius 3 is 2.90 bits per heavy atom. The van der Waals surface area contributed by atoms with Crippen LogP contribution >= 0.6 is 11.6 Å². The molecule has 1 heterocycles. The van der Waals surface area contributed by atoms with Crippen molar-refractivity contribution in [2.75, 3.05) is 31.1 Å². The highest BCUT2D eigenvalue weighted by atomic mass is 35.5. The number of hydrogen-bond donors (Lipinski definition) is 1. The number of hydrogen-bond acceptors (Lipinski definition) is 3. The number of likely N-dealkylation sites (N-methyl/N-ethyl adjacent to an activating group) is 1. The maximum Gasteiger partial charge on any atom is 0.0750 e. The predicted octanol–water partition coefficient (Wildman–Crippen LogP) is 3.45. The first-order valence-corrected chi connectivity index (χ1v) is 7.98. The predicted molar refractivity (Wildman–Crippen MR) is 85.7 cm³/mol. The van der Waals surface area contributed by atoms with E-state index in [2.05, 4.69) is 30.1 Å². The fourth-order valence-corrected chi connectivity index (χ4v) is 2.94. The van der Waals surface area contributed by atoms with Crippen molar-refractivity contribution in [1.29, 1.82) is 0 Å². The third kappa shape index (κ3) is 3.87. The molecule has 1 atom stereocenters. The Balaban J connectivity index is 2.16. The maximum atomic E-state index is 6.38. The van der Waals surface area contributed by atoms with Crippen molar-refractivity contribution in [3.8, 4) is 0 Å². The van der Waals surface area contributed by atoms with Crippen molar-refractivity contribution in [1.82, 2.24) is 5.32 Å². The molecular formula is C16H25ClN2O. The van der Waals surface area contributed by atoms with Crippen molar-refractivity contribution in [2.45, 2.75) is 39.3 Å². The summed E-state index contributed by atoms with van der Waals surface area (Å²) in [5, 5.41) is 4.22. The maximum absolute atomic E-state index is 6.38. The van der Waals surface area contributed by atoms with Gasteiger partial charge >= 0.3 is 0 Å². The van der Waals surface area contributed by atoms with Gasteiger partial charge in [-0.15, -0.1) is 0 Å². The number of halogens is 1. The van der Waals surface area contributed by atoms with Crippen LogP contribution in [0, 0.1) is 0 Å². The van der Waals surface area contributed by atoms with Gasteiger partial charge in [0.1, 0.15) is 0 Å². The summed E-state index contributed by atoms with van der Waals surface area (Å²) >= 11 is 6.38. The van der Waals surface area contributed by atoms with E-state index in [-0.39, 0.29) is 0 Å². The number of rotatable bonds is 7. The monoisotopic (exact) mass is 296 g/mol. The van der Waals surface area contributed by atoms with Gasteiger partial charge in [-0.2, -0.15) is 0 Å². The van der Waals surface area contributed by atoms with Crippen molar-refractivity contribution < 1.29 is 4.74 Å². The van der Waals surface area contributed by atoms with E-state index in [4.69, 9.17) is 16.3 Å². The first-order chi connectivity index (χ1) is 9.76. The average molecular weight is 297 g/mol. The molecule has 1 saturated heterocycles. The summed E-state index contributed by atoms with van der Waals surface area (Å²) in [5.41, 5.74) is 2.42. The van der Waals surface area contributed by atoms with Gasteiger partial charge in [0, 0.05) is 42.5 Å². The van der Waals surface area contributed by atoms with Gasteiger partial charge in [0.05, 0.1) is 6.10 Å². The zero-order valence-corrected chi connectivity index (χ0v) is 13.2. The molecule has 4 heteroatoms. The minimum Gasteiger partial charge on any atom is -0.376 e. The van der Waals surface area contributed by atoms with Crippen LogP contribution in [0.5, 0.6) is 0 Å². The number of nitrogens with one attached hydrogen (secondary N) is 1. The number of benzene rings is 1. The van der Waals surface area contributed by atoms with Crippen molar-refractivity contribution in [3.63, 3.8) is 0 Å². The van der Waals surface area contributed by atoms with Gasteiger partial charge in [-0.25, -0.2) is 0 Å². The van der Waals surface area contributed by atoms with Crippen LogP contribution in [0.2, 0.25) is 5.02 Å². The Morgan fingerprint density at radius 1 is 1.40 bits per heavy atom. The van der Waals surface area contributed by atoms with Crippen LogP contribution in [0.15, 0.2) is 18.2 Å². The second kappa shape index (κ2) is 7.87. The van der Waals surface area contributed by atoms with E-state index >= 15 is 0 Å². The van der Waals surface area contributed by atoms with E-state index in [1.54, 1.807) is 0 Å². The molecule has 0 spiro atoms. The lowest BCUT2D eigenvalue weighted by Crippen LogP contribution is -2.33. The molecule has 0 amide bonds. The third-order valence-corrected chi connectivity index (χ3v) is 4.17. The highest BCUT2D eigenvalue weighted by Gasteiger charge is 2.20. The molecule has 1 aromatic rings. The fourth-order valence-electron chi connectivity index (χ4n) is 2.70. The second-order valence-electron chi connectivity index (χ2n) is 5.19. The van der Waals surface area contributed by atoms with E-state index in [0.29, 0.717) is 6.10 Å². The van der Waals surface area contributed by atoms with Crippen molar-refractivity contribution in [3.05, 3.63) is 28.8 Å². The van der Waals surface area contributed by atoms with Crippen LogP contribution < -0.4 is 10.2 Å². The fraction of sp³-hybridized carbons (Fsp3) is 0.625. The van der Waals surface area contributed by atoms with Crippen LogP contribution in [0.4, 0.5) is 5.69 Å².